The molecular weight excluding hydrogens is 279 g/mol. The zero-order chi connectivity index (χ0) is 14.0. The van der Waals surface area contributed by atoms with Gasteiger partial charge < -0.3 is 5.73 Å². The summed E-state index contributed by atoms with van der Waals surface area (Å²) in [6.07, 6.45) is 0. The van der Waals surface area contributed by atoms with Crippen molar-refractivity contribution in [1.29, 1.82) is 0 Å². The number of nitrogens with zero attached hydrogens (tertiary/aromatic N) is 1. The zero-order valence-electron chi connectivity index (χ0n) is 11.2. The fourth-order valence-electron chi connectivity index (χ4n) is 2.35. The van der Waals surface area contributed by atoms with Gasteiger partial charge in [-0.05, 0) is 24.6 Å². The monoisotopic (exact) mass is 298 g/mol. The van der Waals surface area contributed by atoms with Gasteiger partial charge in [0.2, 0.25) is 0 Å². The molecule has 0 spiro atoms. The first-order chi connectivity index (χ1) is 8.99. The van der Waals surface area contributed by atoms with Gasteiger partial charge in [-0.2, -0.15) is 11.8 Å². The third-order valence-electron chi connectivity index (χ3n) is 3.73. The number of thioether (sulfide) groups is 1. The Balaban J connectivity index is 2.21. The molecule has 1 aliphatic rings. The topological polar surface area (TPSA) is 29.3 Å². The van der Waals surface area contributed by atoms with Crippen LogP contribution in [0.15, 0.2) is 18.2 Å². The molecule has 0 amide bonds. The van der Waals surface area contributed by atoms with Crippen LogP contribution >= 0.6 is 24.0 Å². The molecule has 0 aromatic heterocycles. The van der Waals surface area contributed by atoms with Crippen molar-refractivity contribution in [2.75, 3.05) is 12.3 Å². The van der Waals surface area contributed by atoms with E-state index in [4.69, 9.17) is 18.0 Å². The SMILES string of the molecule is CC1SCCN(Cc2ccc(F)cc2C(N)=S)C1C. The molecule has 1 heterocycles. The number of rotatable bonds is 3. The van der Waals surface area contributed by atoms with E-state index in [2.05, 4.69) is 18.7 Å². The first-order valence-electron chi connectivity index (χ1n) is 6.43. The predicted octanol–water partition coefficient (Wildman–Crippen LogP) is 2.79. The highest BCUT2D eigenvalue weighted by atomic mass is 32.2. The molecule has 2 unspecified atom stereocenters. The second-order valence-electron chi connectivity index (χ2n) is 4.95. The Kier molecular flexibility index (Phi) is 4.81. The Morgan fingerprint density at radius 2 is 2.26 bits per heavy atom. The largest absolute Gasteiger partial charge is 0.389 e. The van der Waals surface area contributed by atoms with Gasteiger partial charge in [-0.1, -0.05) is 25.2 Å². The van der Waals surface area contributed by atoms with Gasteiger partial charge in [0.05, 0.1) is 0 Å². The Labute approximate surface area is 123 Å². The summed E-state index contributed by atoms with van der Waals surface area (Å²) < 4.78 is 13.3. The summed E-state index contributed by atoms with van der Waals surface area (Å²) in [5.74, 6) is 0.844. The van der Waals surface area contributed by atoms with Crippen LogP contribution in [-0.2, 0) is 6.54 Å². The number of hydrogen-bond donors (Lipinski definition) is 1. The normalized spacial score (nSPS) is 24.4. The lowest BCUT2D eigenvalue weighted by atomic mass is 10.1. The Morgan fingerprint density at radius 3 is 2.95 bits per heavy atom. The maximum absolute atomic E-state index is 13.3. The molecule has 2 N–H and O–H groups in total. The summed E-state index contributed by atoms with van der Waals surface area (Å²) >= 11 is 7.02. The van der Waals surface area contributed by atoms with Crippen LogP contribution < -0.4 is 5.73 Å². The molecule has 0 aliphatic carbocycles. The van der Waals surface area contributed by atoms with E-state index in [0.29, 0.717) is 16.9 Å². The van der Waals surface area contributed by atoms with Gasteiger partial charge in [0.15, 0.2) is 0 Å². The minimum atomic E-state index is -0.290. The van der Waals surface area contributed by atoms with Gasteiger partial charge in [-0.15, -0.1) is 0 Å². The van der Waals surface area contributed by atoms with E-state index in [1.807, 2.05) is 11.8 Å². The number of thiocarbonyl (C=S) groups is 1. The van der Waals surface area contributed by atoms with Crippen LogP contribution in [0.1, 0.15) is 25.0 Å². The summed E-state index contributed by atoms with van der Waals surface area (Å²) in [5, 5.41) is 0.613. The molecular formula is C14H19FN2S2. The maximum atomic E-state index is 13.3. The second-order valence-corrected chi connectivity index (χ2v) is 6.88. The average molecular weight is 298 g/mol. The van der Waals surface area contributed by atoms with E-state index in [9.17, 15) is 4.39 Å². The number of hydrogen-bond acceptors (Lipinski definition) is 3. The fraction of sp³-hybridized carbons (Fsp3) is 0.500. The summed E-state index contributed by atoms with van der Waals surface area (Å²) in [6, 6.07) is 5.21. The summed E-state index contributed by atoms with van der Waals surface area (Å²) in [4.78, 5) is 2.68. The van der Waals surface area contributed by atoms with E-state index in [0.717, 1.165) is 24.4 Å². The maximum Gasteiger partial charge on any atom is 0.123 e. The fourth-order valence-corrected chi connectivity index (χ4v) is 3.71. The Morgan fingerprint density at radius 1 is 1.53 bits per heavy atom. The van der Waals surface area contributed by atoms with Crippen molar-refractivity contribution in [2.24, 2.45) is 5.73 Å². The minimum Gasteiger partial charge on any atom is -0.389 e. The molecule has 1 aromatic carbocycles. The van der Waals surface area contributed by atoms with Crippen molar-refractivity contribution >= 4 is 29.0 Å². The zero-order valence-corrected chi connectivity index (χ0v) is 12.9. The van der Waals surface area contributed by atoms with Gasteiger partial charge in [-0.3, -0.25) is 4.90 Å². The number of nitrogens with two attached hydrogens (primary N) is 1. The molecule has 0 bridgehead atoms. The van der Waals surface area contributed by atoms with Crippen LogP contribution in [0, 0.1) is 5.82 Å². The van der Waals surface area contributed by atoms with E-state index in [1.165, 1.54) is 12.1 Å². The first-order valence-corrected chi connectivity index (χ1v) is 7.88. The lowest BCUT2D eigenvalue weighted by Gasteiger charge is -2.37. The molecule has 0 radical (unpaired) electrons. The Bertz CT molecular complexity index is 479. The molecule has 0 saturated carbocycles. The summed E-state index contributed by atoms with van der Waals surface area (Å²) in [7, 11) is 0. The molecule has 2 nitrogen and oxygen atoms in total. The summed E-state index contributed by atoms with van der Waals surface area (Å²) in [5.41, 5.74) is 7.37. The van der Waals surface area contributed by atoms with Crippen molar-refractivity contribution in [3.63, 3.8) is 0 Å². The minimum absolute atomic E-state index is 0.265. The van der Waals surface area contributed by atoms with Gasteiger partial charge in [0, 0.05) is 35.7 Å². The lowest BCUT2D eigenvalue weighted by molar-refractivity contribution is 0.204. The molecule has 1 aromatic rings. The highest BCUT2D eigenvalue weighted by Gasteiger charge is 2.25. The molecule has 104 valence electrons. The quantitative estimate of drug-likeness (QED) is 0.869. The number of benzene rings is 1. The van der Waals surface area contributed by atoms with Crippen molar-refractivity contribution in [3.05, 3.63) is 35.1 Å². The van der Waals surface area contributed by atoms with E-state index >= 15 is 0 Å². The van der Waals surface area contributed by atoms with Crippen molar-refractivity contribution < 1.29 is 4.39 Å². The van der Waals surface area contributed by atoms with Crippen LogP contribution in [0.3, 0.4) is 0 Å². The first kappa shape index (κ1) is 14.8. The highest BCUT2D eigenvalue weighted by molar-refractivity contribution is 8.00. The molecule has 1 saturated heterocycles. The van der Waals surface area contributed by atoms with Gasteiger partial charge in [0.25, 0.3) is 0 Å². The summed E-state index contributed by atoms with van der Waals surface area (Å²) in [6.45, 7) is 6.31. The molecule has 2 atom stereocenters. The van der Waals surface area contributed by atoms with Gasteiger partial charge in [0.1, 0.15) is 10.8 Å². The predicted molar refractivity (Wildman–Crippen MR) is 84.1 cm³/mol. The van der Waals surface area contributed by atoms with E-state index in [-0.39, 0.29) is 10.8 Å². The standard InChI is InChI=1S/C14H19FN2S2/c1-9-10(2)19-6-5-17(9)8-11-3-4-12(15)7-13(11)14(16)18/h3-4,7,9-10H,5-6,8H2,1-2H3,(H2,16,18). The van der Waals surface area contributed by atoms with Crippen LogP contribution in [-0.4, -0.2) is 33.5 Å². The van der Waals surface area contributed by atoms with E-state index in [1.54, 1.807) is 6.07 Å². The molecule has 2 rings (SSSR count). The van der Waals surface area contributed by atoms with Crippen LogP contribution in [0.25, 0.3) is 0 Å². The van der Waals surface area contributed by atoms with Crippen molar-refractivity contribution in [2.45, 2.75) is 31.7 Å². The molecule has 1 fully saturated rings. The third-order valence-corrected chi connectivity index (χ3v) is 5.28. The number of halogens is 1. The van der Waals surface area contributed by atoms with Crippen LogP contribution in [0.2, 0.25) is 0 Å². The highest BCUT2D eigenvalue weighted by Crippen LogP contribution is 2.26. The third kappa shape index (κ3) is 3.46. The van der Waals surface area contributed by atoms with Crippen LogP contribution in [0.5, 0.6) is 0 Å². The van der Waals surface area contributed by atoms with Crippen LogP contribution in [0.4, 0.5) is 4.39 Å². The molecule has 5 heteroatoms. The average Bonchev–Trinajstić information content (AvgIpc) is 2.36. The molecule has 19 heavy (non-hydrogen) atoms. The molecule has 1 aliphatic heterocycles. The van der Waals surface area contributed by atoms with E-state index < -0.39 is 0 Å². The van der Waals surface area contributed by atoms with Gasteiger partial charge in [-0.25, -0.2) is 4.39 Å². The van der Waals surface area contributed by atoms with Gasteiger partial charge >= 0.3 is 0 Å². The van der Waals surface area contributed by atoms with Crippen molar-refractivity contribution in [3.8, 4) is 0 Å². The smallest absolute Gasteiger partial charge is 0.123 e. The second kappa shape index (κ2) is 6.20. The Hall–Kier alpha value is -0.650. The lowest BCUT2D eigenvalue weighted by Crippen LogP contribution is -2.44. The van der Waals surface area contributed by atoms with Crippen molar-refractivity contribution in [1.82, 2.24) is 4.90 Å².